The number of carbonyl (C=O) groups is 1. The Morgan fingerprint density at radius 1 is 1.19 bits per heavy atom. The molecule has 0 saturated carbocycles. The van der Waals surface area contributed by atoms with Gasteiger partial charge in [-0.05, 0) is 43.5 Å². The van der Waals surface area contributed by atoms with Gasteiger partial charge in [-0.15, -0.1) is 11.3 Å². The monoisotopic (exact) mass is 371 g/mol. The third-order valence-corrected chi connectivity index (χ3v) is 5.28. The minimum Gasteiger partial charge on any atom is -0.497 e. The van der Waals surface area contributed by atoms with Crippen LogP contribution in [0.2, 0.25) is 0 Å². The fourth-order valence-electron chi connectivity index (χ4n) is 2.58. The van der Waals surface area contributed by atoms with Crippen molar-refractivity contribution in [2.24, 2.45) is 0 Å². The summed E-state index contributed by atoms with van der Waals surface area (Å²) >= 11 is 1.60. The number of benzene rings is 1. The van der Waals surface area contributed by atoms with Gasteiger partial charge in [0.05, 0.1) is 12.5 Å². The zero-order valence-corrected chi connectivity index (χ0v) is 15.9. The maximum atomic E-state index is 12.0. The van der Waals surface area contributed by atoms with Crippen molar-refractivity contribution in [1.82, 2.24) is 15.3 Å². The molecule has 0 aliphatic heterocycles. The van der Waals surface area contributed by atoms with Crippen molar-refractivity contribution in [3.05, 3.63) is 46.6 Å². The average Bonchev–Trinajstić information content (AvgIpc) is 2.95. The number of hydrogen-bond donors (Lipinski definition) is 1. The van der Waals surface area contributed by atoms with Crippen LogP contribution < -0.4 is 14.8 Å². The number of aromatic nitrogens is 2. The Kier molecular flexibility index (Phi) is 5.68. The van der Waals surface area contributed by atoms with E-state index in [0.29, 0.717) is 12.4 Å². The number of methoxy groups -OCH3 is 1. The summed E-state index contributed by atoms with van der Waals surface area (Å²) in [6, 6.07) is 7.79. The van der Waals surface area contributed by atoms with Crippen LogP contribution in [0.4, 0.5) is 0 Å². The number of amides is 1. The fraction of sp³-hybridized carbons (Fsp3) is 0.316. The third kappa shape index (κ3) is 4.11. The van der Waals surface area contributed by atoms with Gasteiger partial charge < -0.3 is 14.8 Å². The molecule has 1 amide bonds. The van der Waals surface area contributed by atoms with Crippen LogP contribution in [0.3, 0.4) is 0 Å². The summed E-state index contributed by atoms with van der Waals surface area (Å²) in [5.74, 6) is 1.11. The first-order chi connectivity index (χ1) is 12.6. The number of hydrogen-bond acceptors (Lipinski definition) is 6. The van der Waals surface area contributed by atoms with Gasteiger partial charge >= 0.3 is 0 Å². The van der Waals surface area contributed by atoms with Gasteiger partial charge in [-0.2, -0.15) is 0 Å². The van der Waals surface area contributed by atoms with Crippen molar-refractivity contribution in [2.75, 3.05) is 20.3 Å². The smallest absolute Gasteiger partial charge is 0.258 e. The Hall–Kier alpha value is -2.67. The van der Waals surface area contributed by atoms with Gasteiger partial charge in [0.15, 0.2) is 6.61 Å². The van der Waals surface area contributed by atoms with Crippen molar-refractivity contribution in [3.8, 4) is 11.6 Å². The number of thiophene rings is 1. The molecular formula is C19H21N3O3S. The molecule has 7 heteroatoms. The van der Waals surface area contributed by atoms with E-state index < -0.39 is 0 Å². The number of nitrogens with one attached hydrogen (secondary N) is 1. The molecule has 3 rings (SSSR count). The van der Waals surface area contributed by atoms with Gasteiger partial charge in [0.2, 0.25) is 5.88 Å². The number of carbonyl (C=O) groups excluding carboxylic acids is 1. The summed E-state index contributed by atoms with van der Waals surface area (Å²) in [5.41, 5.74) is 2.23. The van der Waals surface area contributed by atoms with Gasteiger partial charge in [0.25, 0.3) is 5.91 Å². The first kappa shape index (κ1) is 18.1. The molecule has 0 aliphatic rings. The van der Waals surface area contributed by atoms with Crippen LogP contribution in [0, 0.1) is 13.8 Å². The molecule has 0 atom stereocenters. The highest BCUT2D eigenvalue weighted by Crippen LogP contribution is 2.33. The molecule has 0 radical (unpaired) electrons. The zero-order valence-electron chi connectivity index (χ0n) is 15.0. The summed E-state index contributed by atoms with van der Waals surface area (Å²) < 4.78 is 10.8. The number of rotatable bonds is 7. The molecule has 1 aromatic carbocycles. The summed E-state index contributed by atoms with van der Waals surface area (Å²) in [7, 11) is 1.64. The van der Waals surface area contributed by atoms with Crippen LogP contribution in [0.15, 0.2) is 30.6 Å². The lowest BCUT2D eigenvalue weighted by molar-refractivity contribution is -0.123. The van der Waals surface area contributed by atoms with Crippen molar-refractivity contribution >= 4 is 27.5 Å². The van der Waals surface area contributed by atoms with Gasteiger partial charge in [-0.25, -0.2) is 9.97 Å². The van der Waals surface area contributed by atoms with Gasteiger partial charge in [0, 0.05) is 11.4 Å². The van der Waals surface area contributed by atoms with E-state index in [1.54, 1.807) is 18.4 Å². The Labute approximate surface area is 156 Å². The van der Waals surface area contributed by atoms with Crippen molar-refractivity contribution < 1.29 is 14.3 Å². The van der Waals surface area contributed by atoms with E-state index in [2.05, 4.69) is 15.3 Å². The SMILES string of the molecule is COc1ccc(CCNC(=O)COc2ncnc3sc(C)c(C)c23)cc1. The first-order valence-electron chi connectivity index (χ1n) is 8.31. The molecular weight excluding hydrogens is 350 g/mol. The fourth-order valence-corrected chi connectivity index (χ4v) is 3.57. The molecule has 136 valence electrons. The van der Waals surface area contributed by atoms with Gasteiger partial charge in [-0.1, -0.05) is 12.1 Å². The largest absolute Gasteiger partial charge is 0.497 e. The van der Waals surface area contributed by atoms with E-state index >= 15 is 0 Å². The molecule has 3 aromatic rings. The van der Waals surface area contributed by atoms with E-state index in [1.807, 2.05) is 38.1 Å². The lowest BCUT2D eigenvalue weighted by atomic mass is 10.1. The van der Waals surface area contributed by atoms with Crippen LogP contribution in [-0.4, -0.2) is 36.1 Å². The predicted molar refractivity (Wildman–Crippen MR) is 102 cm³/mol. The Morgan fingerprint density at radius 3 is 2.69 bits per heavy atom. The second-order valence-corrected chi connectivity index (χ2v) is 7.08. The van der Waals surface area contributed by atoms with E-state index in [0.717, 1.165) is 33.5 Å². The molecule has 1 N–H and O–H groups in total. The highest BCUT2D eigenvalue weighted by molar-refractivity contribution is 7.18. The van der Waals surface area contributed by atoms with Crippen LogP contribution in [-0.2, 0) is 11.2 Å². The van der Waals surface area contributed by atoms with E-state index in [1.165, 1.54) is 11.2 Å². The maximum absolute atomic E-state index is 12.0. The Balaban J connectivity index is 1.51. The molecule has 2 aromatic heterocycles. The minimum atomic E-state index is -0.171. The topological polar surface area (TPSA) is 73.3 Å². The highest BCUT2D eigenvalue weighted by Gasteiger charge is 2.14. The van der Waals surface area contributed by atoms with E-state index in [9.17, 15) is 4.79 Å². The number of ether oxygens (including phenoxy) is 2. The molecule has 0 fully saturated rings. The second kappa shape index (κ2) is 8.14. The second-order valence-electron chi connectivity index (χ2n) is 5.88. The summed E-state index contributed by atoms with van der Waals surface area (Å²) in [4.78, 5) is 22.5. The number of fused-ring (bicyclic) bond motifs is 1. The zero-order chi connectivity index (χ0) is 18.5. The minimum absolute atomic E-state index is 0.0664. The molecule has 0 unspecified atom stereocenters. The summed E-state index contributed by atoms with van der Waals surface area (Å²) in [5, 5.41) is 3.75. The standard InChI is InChI=1S/C19H21N3O3S/c1-12-13(2)26-19-17(12)18(21-11-22-19)25-10-16(23)20-9-8-14-4-6-15(24-3)7-5-14/h4-7,11H,8-10H2,1-3H3,(H,20,23). The number of aryl methyl sites for hydroxylation is 2. The van der Waals surface area contributed by atoms with Gasteiger partial charge in [-0.3, -0.25) is 4.79 Å². The Morgan fingerprint density at radius 2 is 1.96 bits per heavy atom. The van der Waals surface area contributed by atoms with Gasteiger partial charge in [0.1, 0.15) is 16.9 Å². The lowest BCUT2D eigenvalue weighted by Gasteiger charge is -2.08. The quantitative estimate of drug-likeness (QED) is 0.691. The molecule has 2 heterocycles. The first-order valence-corrected chi connectivity index (χ1v) is 9.13. The molecule has 0 spiro atoms. The predicted octanol–water partition coefficient (Wildman–Crippen LogP) is 3.05. The molecule has 26 heavy (non-hydrogen) atoms. The normalized spacial score (nSPS) is 10.7. The van der Waals surface area contributed by atoms with Crippen LogP contribution in [0.1, 0.15) is 16.0 Å². The van der Waals surface area contributed by atoms with Crippen LogP contribution in [0.25, 0.3) is 10.2 Å². The lowest BCUT2D eigenvalue weighted by Crippen LogP contribution is -2.30. The van der Waals surface area contributed by atoms with E-state index in [-0.39, 0.29) is 12.5 Å². The molecule has 0 saturated heterocycles. The Bertz CT molecular complexity index is 906. The molecule has 6 nitrogen and oxygen atoms in total. The van der Waals surface area contributed by atoms with Crippen LogP contribution in [0.5, 0.6) is 11.6 Å². The van der Waals surface area contributed by atoms with Crippen molar-refractivity contribution in [2.45, 2.75) is 20.3 Å². The number of nitrogens with zero attached hydrogens (tertiary/aromatic N) is 2. The summed E-state index contributed by atoms with van der Waals surface area (Å²) in [6.45, 7) is 4.53. The third-order valence-electron chi connectivity index (χ3n) is 4.17. The highest BCUT2D eigenvalue weighted by atomic mass is 32.1. The maximum Gasteiger partial charge on any atom is 0.258 e. The summed E-state index contributed by atoms with van der Waals surface area (Å²) in [6.07, 6.45) is 2.21. The molecule has 0 bridgehead atoms. The van der Waals surface area contributed by atoms with Crippen molar-refractivity contribution in [1.29, 1.82) is 0 Å². The van der Waals surface area contributed by atoms with Crippen LogP contribution >= 0.6 is 11.3 Å². The molecule has 0 aliphatic carbocycles. The van der Waals surface area contributed by atoms with E-state index in [4.69, 9.17) is 9.47 Å². The average molecular weight is 371 g/mol. The van der Waals surface area contributed by atoms with Crippen molar-refractivity contribution in [3.63, 3.8) is 0 Å².